The van der Waals surface area contributed by atoms with Crippen LogP contribution in [-0.2, 0) is 17.6 Å². The Hall–Kier alpha value is -1.30. The van der Waals surface area contributed by atoms with E-state index >= 15 is 0 Å². The molecule has 0 amide bonds. The summed E-state index contributed by atoms with van der Waals surface area (Å²) in [5, 5.41) is 10.6. The highest BCUT2D eigenvalue weighted by Gasteiger charge is 2.35. The molecule has 5 heteroatoms. The number of rotatable bonds is 3. The van der Waals surface area contributed by atoms with Crippen molar-refractivity contribution in [3.63, 3.8) is 0 Å². The molecule has 2 aliphatic rings. The first kappa shape index (κ1) is 14.6. The van der Waals surface area contributed by atoms with Gasteiger partial charge in [0.05, 0.1) is 33.5 Å². The number of nitrogens with zero attached hydrogens (tertiary/aromatic N) is 1. The van der Waals surface area contributed by atoms with Gasteiger partial charge in [-0.15, -0.1) is 0 Å². The molecule has 1 fully saturated rings. The smallest absolute Gasteiger partial charge is 0.122 e. The number of benzene rings is 1. The zero-order valence-corrected chi connectivity index (χ0v) is 12.7. The molecule has 1 aromatic carbocycles. The fourth-order valence-electron chi connectivity index (χ4n) is 3.45. The Morgan fingerprint density at radius 3 is 2.19 bits per heavy atom. The normalized spacial score (nSPS) is 26.2. The second kappa shape index (κ2) is 6.22. The summed E-state index contributed by atoms with van der Waals surface area (Å²) in [4.78, 5) is 2.33. The number of aliphatic hydroxyl groups is 1. The molecule has 116 valence electrons. The number of morpholine rings is 1. The SMILES string of the molecule is COc1ccc(OC)c2c1C[C@H](O)[C@@H](N1CCOCC1)C2. The maximum atomic E-state index is 10.6. The lowest BCUT2D eigenvalue weighted by Gasteiger charge is -2.40. The fourth-order valence-corrected chi connectivity index (χ4v) is 3.45. The molecule has 1 N–H and O–H groups in total. The van der Waals surface area contributed by atoms with Gasteiger partial charge in [-0.05, 0) is 18.6 Å². The van der Waals surface area contributed by atoms with Gasteiger partial charge >= 0.3 is 0 Å². The maximum Gasteiger partial charge on any atom is 0.122 e. The minimum Gasteiger partial charge on any atom is -0.496 e. The molecule has 0 bridgehead atoms. The Balaban J connectivity index is 1.91. The van der Waals surface area contributed by atoms with Crippen molar-refractivity contribution in [1.82, 2.24) is 4.90 Å². The fraction of sp³-hybridized carbons (Fsp3) is 0.625. The van der Waals surface area contributed by atoms with Gasteiger partial charge in [-0.2, -0.15) is 0 Å². The van der Waals surface area contributed by atoms with E-state index in [9.17, 15) is 5.11 Å². The molecule has 0 aromatic heterocycles. The molecule has 2 atom stereocenters. The summed E-state index contributed by atoms with van der Waals surface area (Å²) < 4.78 is 16.4. The van der Waals surface area contributed by atoms with Crippen molar-refractivity contribution in [3.8, 4) is 11.5 Å². The summed E-state index contributed by atoms with van der Waals surface area (Å²) in [5.74, 6) is 1.72. The summed E-state index contributed by atoms with van der Waals surface area (Å²) >= 11 is 0. The highest BCUT2D eigenvalue weighted by Crippen LogP contribution is 2.37. The molecule has 1 aliphatic heterocycles. The van der Waals surface area contributed by atoms with Crippen molar-refractivity contribution in [1.29, 1.82) is 0 Å². The topological polar surface area (TPSA) is 51.2 Å². The predicted octanol–water partition coefficient (Wildman–Crippen LogP) is 0.864. The van der Waals surface area contributed by atoms with Gasteiger partial charge in [0, 0.05) is 36.7 Å². The van der Waals surface area contributed by atoms with Crippen LogP contribution in [0.1, 0.15) is 11.1 Å². The summed E-state index contributed by atoms with van der Waals surface area (Å²) in [5.41, 5.74) is 2.24. The molecule has 21 heavy (non-hydrogen) atoms. The Morgan fingerprint density at radius 1 is 1.05 bits per heavy atom. The second-order valence-electron chi connectivity index (χ2n) is 5.62. The van der Waals surface area contributed by atoms with Gasteiger partial charge in [0.25, 0.3) is 0 Å². The first-order valence-corrected chi connectivity index (χ1v) is 7.47. The molecule has 1 heterocycles. The largest absolute Gasteiger partial charge is 0.496 e. The maximum absolute atomic E-state index is 10.6. The monoisotopic (exact) mass is 293 g/mol. The number of methoxy groups -OCH3 is 2. The van der Waals surface area contributed by atoms with Crippen molar-refractivity contribution >= 4 is 0 Å². The van der Waals surface area contributed by atoms with Crippen LogP contribution < -0.4 is 9.47 Å². The Morgan fingerprint density at radius 2 is 1.62 bits per heavy atom. The Kier molecular flexibility index (Phi) is 4.33. The molecule has 5 nitrogen and oxygen atoms in total. The number of fused-ring (bicyclic) bond motifs is 1. The molecule has 1 aromatic rings. The van der Waals surface area contributed by atoms with Gasteiger partial charge in [-0.3, -0.25) is 4.90 Å². The van der Waals surface area contributed by atoms with Gasteiger partial charge < -0.3 is 19.3 Å². The Labute approximate surface area is 125 Å². The van der Waals surface area contributed by atoms with Crippen LogP contribution in [0.2, 0.25) is 0 Å². The average Bonchev–Trinajstić information content (AvgIpc) is 2.54. The standard InChI is InChI=1S/C16H23NO4/c1-19-15-3-4-16(20-2)12-10-14(18)13(9-11(12)15)17-5-7-21-8-6-17/h3-4,13-14,18H,5-10H2,1-2H3/t13-,14-/m0/s1. The van der Waals surface area contributed by atoms with Crippen molar-refractivity contribution in [2.24, 2.45) is 0 Å². The summed E-state index contributed by atoms with van der Waals surface area (Å²) in [6.45, 7) is 3.24. The first-order valence-electron chi connectivity index (χ1n) is 7.47. The molecular formula is C16H23NO4. The second-order valence-corrected chi connectivity index (χ2v) is 5.62. The average molecular weight is 293 g/mol. The van der Waals surface area contributed by atoms with Crippen LogP contribution >= 0.6 is 0 Å². The summed E-state index contributed by atoms with van der Waals surface area (Å²) in [6, 6.07) is 3.99. The zero-order valence-electron chi connectivity index (χ0n) is 12.7. The van der Waals surface area contributed by atoms with E-state index in [0.717, 1.165) is 49.8 Å². The minimum absolute atomic E-state index is 0.127. The molecule has 0 spiro atoms. The van der Waals surface area contributed by atoms with Crippen molar-refractivity contribution in [2.75, 3.05) is 40.5 Å². The molecule has 0 saturated carbocycles. The lowest BCUT2D eigenvalue weighted by molar-refractivity contribution is -0.0247. The number of hydrogen-bond donors (Lipinski definition) is 1. The molecule has 0 unspecified atom stereocenters. The third-order valence-corrected chi connectivity index (χ3v) is 4.57. The quantitative estimate of drug-likeness (QED) is 0.896. The molecule has 1 aliphatic carbocycles. The van der Waals surface area contributed by atoms with E-state index in [1.165, 1.54) is 5.56 Å². The molecular weight excluding hydrogens is 270 g/mol. The summed E-state index contributed by atoms with van der Waals surface area (Å²) in [6.07, 6.45) is 1.02. The van der Waals surface area contributed by atoms with Crippen LogP contribution in [0, 0.1) is 0 Å². The Bertz CT molecular complexity index is 499. The van der Waals surface area contributed by atoms with E-state index in [2.05, 4.69) is 4.90 Å². The van der Waals surface area contributed by atoms with Gasteiger partial charge in [0.2, 0.25) is 0 Å². The van der Waals surface area contributed by atoms with Crippen LogP contribution in [0.25, 0.3) is 0 Å². The van der Waals surface area contributed by atoms with Gasteiger partial charge in [0.15, 0.2) is 0 Å². The number of ether oxygens (including phenoxy) is 3. The third kappa shape index (κ3) is 2.73. The van der Waals surface area contributed by atoms with Gasteiger partial charge in [-0.25, -0.2) is 0 Å². The molecule has 1 saturated heterocycles. The van der Waals surface area contributed by atoms with Crippen molar-refractivity contribution in [2.45, 2.75) is 25.0 Å². The number of hydrogen-bond acceptors (Lipinski definition) is 5. The van der Waals surface area contributed by atoms with Gasteiger partial charge in [-0.1, -0.05) is 0 Å². The highest BCUT2D eigenvalue weighted by molar-refractivity contribution is 5.51. The van der Waals surface area contributed by atoms with Crippen LogP contribution in [0.15, 0.2) is 12.1 Å². The van der Waals surface area contributed by atoms with E-state index < -0.39 is 0 Å². The minimum atomic E-state index is -0.378. The van der Waals surface area contributed by atoms with Crippen LogP contribution in [0.3, 0.4) is 0 Å². The van der Waals surface area contributed by atoms with Crippen LogP contribution in [0.5, 0.6) is 11.5 Å². The van der Waals surface area contributed by atoms with E-state index in [1.54, 1.807) is 14.2 Å². The highest BCUT2D eigenvalue weighted by atomic mass is 16.5. The van der Waals surface area contributed by atoms with E-state index in [4.69, 9.17) is 14.2 Å². The zero-order chi connectivity index (χ0) is 14.8. The number of aliphatic hydroxyl groups excluding tert-OH is 1. The predicted molar refractivity (Wildman–Crippen MR) is 79.1 cm³/mol. The molecule has 3 rings (SSSR count). The van der Waals surface area contributed by atoms with Crippen LogP contribution in [-0.4, -0.2) is 62.7 Å². The summed E-state index contributed by atoms with van der Waals surface area (Å²) in [7, 11) is 3.36. The van der Waals surface area contributed by atoms with Gasteiger partial charge in [0.1, 0.15) is 11.5 Å². The molecule has 0 radical (unpaired) electrons. The van der Waals surface area contributed by atoms with Crippen LogP contribution in [0.4, 0.5) is 0 Å². The lowest BCUT2D eigenvalue weighted by Crippen LogP contribution is -2.52. The lowest BCUT2D eigenvalue weighted by atomic mass is 9.84. The van der Waals surface area contributed by atoms with E-state index in [-0.39, 0.29) is 12.1 Å². The van der Waals surface area contributed by atoms with Crippen molar-refractivity contribution < 1.29 is 19.3 Å². The third-order valence-electron chi connectivity index (χ3n) is 4.57. The van der Waals surface area contributed by atoms with Crippen molar-refractivity contribution in [3.05, 3.63) is 23.3 Å². The first-order chi connectivity index (χ1) is 10.2. The van der Waals surface area contributed by atoms with E-state index in [1.807, 2.05) is 12.1 Å². The van der Waals surface area contributed by atoms with E-state index in [0.29, 0.717) is 6.42 Å².